The lowest BCUT2D eigenvalue weighted by Crippen LogP contribution is -2.14. The highest BCUT2D eigenvalue weighted by Gasteiger charge is 2.03. The zero-order chi connectivity index (χ0) is 19.8. The van der Waals surface area contributed by atoms with Crippen LogP contribution in [-0.2, 0) is 6.54 Å². The van der Waals surface area contributed by atoms with Gasteiger partial charge in [-0.1, -0.05) is 29.8 Å². The van der Waals surface area contributed by atoms with E-state index >= 15 is 0 Å². The summed E-state index contributed by atoms with van der Waals surface area (Å²) in [6.07, 6.45) is 0. The molecule has 146 valence electrons. The molecular formula is C22H26N4O2. The van der Waals surface area contributed by atoms with Gasteiger partial charge in [-0.15, -0.1) is 0 Å². The van der Waals surface area contributed by atoms with Crippen LogP contribution in [0.2, 0.25) is 0 Å². The Hall–Kier alpha value is -3.28. The molecule has 0 aliphatic carbocycles. The molecule has 2 N–H and O–H groups in total. The summed E-state index contributed by atoms with van der Waals surface area (Å²) in [5.41, 5.74) is 3.34. The van der Waals surface area contributed by atoms with Crippen LogP contribution in [0.3, 0.4) is 0 Å². The van der Waals surface area contributed by atoms with Crippen molar-refractivity contribution in [1.29, 1.82) is 0 Å². The number of aromatic nitrogens is 2. The Morgan fingerprint density at radius 3 is 2.43 bits per heavy atom. The van der Waals surface area contributed by atoms with Gasteiger partial charge in [0.05, 0.1) is 13.7 Å². The third-order valence-corrected chi connectivity index (χ3v) is 4.12. The van der Waals surface area contributed by atoms with Gasteiger partial charge >= 0.3 is 0 Å². The second-order valence-corrected chi connectivity index (χ2v) is 6.51. The molecule has 0 spiro atoms. The first kappa shape index (κ1) is 19.5. The maximum absolute atomic E-state index is 5.73. The largest absolute Gasteiger partial charge is 0.497 e. The summed E-state index contributed by atoms with van der Waals surface area (Å²) < 4.78 is 10.9. The topological polar surface area (TPSA) is 68.3 Å². The van der Waals surface area contributed by atoms with Crippen molar-refractivity contribution in [3.05, 3.63) is 71.4 Å². The van der Waals surface area contributed by atoms with E-state index < -0.39 is 0 Å². The van der Waals surface area contributed by atoms with E-state index in [-0.39, 0.29) is 0 Å². The molecule has 0 saturated heterocycles. The molecule has 0 unspecified atom stereocenters. The van der Waals surface area contributed by atoms with Gasteiger partial charge in [0, 0.05) is 18.3 Å². The summed E-state index contributed by atoms with van der Waals surface area (Å²) in [4.78, 5) is 8.99. The molecule has 0 saturated carbocycles. The van der Waals surface area contributed by atoms with Gasteiger partial charge in [-0.2, -0.15) is 4.98 Å². The number of hydrogen-bond acceptors (Lipinski definition) is 6. The van der Waals surface area contributed by atoms with Crippen molar-refractivity contribution in [3.8, 4) is 11.5 Å². The number of anilines is 2. The van der Waals surface area contributed by atoms with Gasteiger partial charge in [0.1, 0.15) is 23.9 Å². The number of hydrogen-bond donors (Lipinski definition) is 2. The summed E-state index contributed by atoms with van der Waals surface area (Å²) in [6, 6.07) is 17.8. The molecule has 1 heterocycles. The van der Waals surface area contributed by atoms with E-state index in [1.54, 1.807) is 7.11 Å². The normalized spacial score (nSPS) is 10.4. The van der Waals surface area contributed by atoms with Crippen molar-refractivity contribution in [3.63, 3.8) is 0 Å². The molecule has 0 fully saturated rings. The highest BCUT2D eigenvalue weighted by molar-refractivity contribution is 5.42. The smallest absolute Gasteiger partial charge is 0.225 e. The number of ether oxygens (including phenoxy) is 2. The van der Waals surface area contributed by atoms with Gasteiger partial charge in [0.15, 0.2) is 0 Å². The van der Waals surface area contributed by atoms with Gasteiger partial charge in [-0.05, 0) is 43.7 Å². The van der Waals surface area contributed by atoms with E-state index in [0.717, 1.165) is 23.0 Å². The van der Waals surface area contributed by atoms with Crippen LogP contribution >= 0.6 is 0 Å². The first-order valence-electron chi connectivity index (χ1n) is 9.28. The molecule has 3 aromatic rings. The Morgan fingerprint density at radius 2 is 1.68 bits per heavy atom. The maximum Gasteiger partial charge on any atom is 0.225 e. The third kappa shape index (κ3) is 5.87. The molecule has 0 aliphatic rings. The SMILES string of the molecule is COc1ccc(OCCNc2cc(C)nc(NCc3cccc(C)c3)n2)cc1. The highest BCUT2D eigenvalue weighted by Crippen LogP contribution is 2.17. The Morgan fingerprint density at radius 1 is 0.893 bits per heavy atom. The number of nitrogens with one attached hydrogen (secondary N) is 2. The summed E-state index contributed by atoms with van der Waals surface area (Å²) in [7, 11) is 1.65. The standard InChI is InChI=1S/C22H26N4O2/c1-16-5-4-6-18(13-16)15-24-22-25-17(2)14-21(26-22)23-11-12-28-20-9-7-19(27-3)8-10-20/h4-10,13-14H,11-12,15H2,1-3H3,(H2,23,24,25,26). The lowest BCUT2D eigenvalue weighted by molar-refractivity contribution is 0.331. The van der Waals surface area contributed by atoms with Crippen LogP contribution in [0.25, 0.3) is 0 Å². The molecule has 0 amide bonds. The lowest BCUT2D eigenvalue weighted by atomic mass is 10.1. The predicted molar refractivity (Wildman–Crippen MR) is 112 cm³/mol. The van der Waals surface area contributed by atoms with Gasteiger partial charge in [0.25, 0.3) is 0 Å². The molecular weight excluding hydrogens is 352 g/mol. The fraction of sp³-hybridized carbons (Fsp3) is 0.273. The Labute approximate surface area is 166 Å². The van der Waals surface area contributed by atoms with E-state index in [4.69, 9.17) is 9.47 Å². The van der Waals surface area contributed by atoms with Crippen LogP contribution < -0.4 is 20.1 Å². The molecule has 28 heavy (non-hydrogen) atoms. The molecule has 6 heteroatoms. The van der Waals surface area contributed by atoms with Crippen LogP contribution in [0.1, 0.15) is 16.8 Å². The van der Waals surface area contributed by atoms with Crippen LogP contribution in [0.15, 0.2) is 54.6 Å². The number of benzene rings is 2. The second-order valence-electron chi connectivity index (χ2n) is 6.51. The molecule has 6 nitrogen and oxygen atoms in total. The van der Waals surface area contributed by atoms with E-state index in [1.807, 2.05) is 37.3 Å². The zero-order valence-electron chi connectivity index (χ0n) is 16.5. The Bertz CT molecular complexity index is 897. The predicted octanol–water partition coefficient (Wildman–Crippen LogP) is 4.21. The van der Waals surface area contributed by atoms with Crippen molar-refractivity contribution in [2.45, 2.75) is 20.4 Å². The number of methoxy groups -OCH3 is 1. The average molecular weight is 378 g/mol. The minimum atomic E-state index is 0.529. The minimum absolute atomic E-state index is 0.529. The fourth-order valence-corrected chi connectivity index (χ4v) is 2.76. The van der Waals surface area contributed by atoms with E-state index in [0.29, 0.717) is 25.6 Å². The summed E-state index contributed by atoms with van der Waals surface area (Å²) >= 11 is 0. The lowest BCUT2D eigenvalue weighted by Gasteiger charge is -2.11. The molecule has 2 aromatic carbocycles. The molecule has 1 aromatic heterocycles. The quantitative estimate of drug-likeness (QED) is 0.544. The number of nitrogens with zero attached hydrogens (tertiary/aromatic N) is 2. The second kappa shape index (κ2) is 9.60. The van der Waals surface area contributed by atoms with Crippen LogP contribution in [0.4, 0.5) is 11.8 Å². The van der Waals surface area contributed by atoms with Gasteiger partial charge in [-0.25, -0.2) is 4.98 Å². The Kier molecular flexibility index (Phi) is 6.68. The highest BCUT2D eigenvalue weighted by atomic mass is 16.5. The van der Waals surface area contributed by atoms with Crippen molar-refractivity contribution >= 4 is 11.8 Å². The van der Waals surface area contributed by atoms with Gasteiger partial charge in [-0.3, -0.25) is 0 Å². The van der Waals surface area contributed by atoms with Crippen molar-refractivity contribution in [2.75, 3.05) is 30.9 Å². The zero-order valence-corrected chi connectivity index (χ0v) is 16.5. The molecule has 0 bridgehead atoms. The fourth-order valence-electron chi connectivity index (χ4n) is 2.76. The first-order valence-corrected chi connectivity index (χ1v) is 9.28. The average Bonchev–Trinajstić information content (AvgIpc) is 2.70. The molecule has 0 radical (unpaired) electrons. The van der Waals surface area contributed by atoms with Crippen LogP contribution in [0.5, 0.6) is 11.5 Å². The number of aryl methyl sites for hydroxylation is 2. The van der Waals surface area contributed by atoms with E-state index in [1.165, 1.54) is 11.1 Å². The monoisotopic (exact) mass is 378 g/mol. The number of rotatable bonds is 9. The van der Waals surface area contributed by atoms with Crippen molar-refractivity contribution in [2.24, 2.45) is 0 Å². The molecule has 3 rings (SSSR count). The molecule has 0 atom stereocenters. The summed E-state index contributed by atoms with van der Waals surface area (Å²) in [6.45, 7) is 5.90. The minimum Gasteiger partial charge on any atom is -0.497 e. The van der Waals surface area contributed by atoms with Crippen LogP contribution in [-0.4, -0.2) is 30.2 Å². The first-order chi connectivity index (χ1) is 13.6. The van der Waals surface area contributed by atoms with Crippen molar-refractivity contribution < 1.29 is 9.47 Å². The summed E-state index contributed by atoms with van der Waals surface area (Å²) in [5.74, 6) is 3.01. The third-order valence-electron chi connectivity index (χ3n) is 4.12. The van der Waals surface area contributed by atoms with Crippen molar-refractivity contribution in [1.82, 2.24) is 9.97 Å². The van der Waals surface area contributed by atoms with E-state index in [9.17, 15) is 0 Å². The Balaban J connectivity index is 1.49. The van der Waals surface area contributed by atoms with Gasteiger partial charge in [0.2, 0.25) is 5.95 Å². The van der Waals surface area contributed by atoms with E-state index in [2.05, 4.69) is 51.8 Å². The van der Waals surface area contributed by atoms with Gasteiger partial charge < -0.3 is 20.1 Å². The van der Waals surface area contributed by atoms with Crippen LogP contribution in [0, 0.1) is 13.8 Å². The summed E-state index contributed by atoms with van der Waals surface area (Å²) in [5, 5.41) is 6.58. The maximum atomic E-state index is 5.73. The molecule has 0 aliphatic heterocycles.